The molecule has 0 atom stereocenters. The van der Waals surface area contributed by atoms with Gasteiger partial charge in [-0.1, -0.05) is 19.3 Å². The molecule has 0 aliphatic heterocycles. The summed E-state index contributed by atoms with van der Waals surface area (Å²) >= 11 is 1.90. The quantitative estimate of drug-likeness (QED) is 0.846. The molecule has 0 aromatic carbocycles. The average molecular weight is 297 g/mol. The van der Waals surface area contributed by atoms with Crippen molar-refractivity contribution in [1.82, 2.24) is 9.55 Å². The Morgan fingerprint density at radius 2 is 2.20 bits per heavy atom. The summed E-state index contributed by atoms with van der Waals surface area (Å²) in [6.45, 7) is 2.92. The van der Waals surface area contributed by atoms with Crippen LogP contribution in [0, 0.1) is 0 Å². The number of aromatic nitrogens is 2. The van der Waals surface area contributed by atoms with Gasteiger partial charge in [-0.05, 0) is 26.0 Å². The van der Waals surface area contributed by atoms with Crippen molar-refractivity contribution < 1.29 is 9.53 Å². The Bertz CT molecular complexity index is 467. The number of hydrogen-bond donors (Lipinski definition) is 1. The van der Waals surface area contributed by atoms with E-state index in [-0.39, 0.29) is 10.4 Å². The van der Waals surface area contributed by atoms with Gasteiger partial charge in [0.05, 0.1) is 12.9 Å². The van der Waals surface area contributed by atoms with Crippen LogP contribution in [0.4, 0.5) is 5.82 Å². The highest BCUT2D eigenvalue weighted by atomic mass is 32.2. The van der Waals surface area contributed by atoms with Gasteiger partial charge in [0.2, 0.25) is 0 Å². The van der Waals surface area contributed by atoms with E-state index in [0.29, 0.717) is 12.4 Å². The molecule has 20 heavy (non-hydrogen) atoms. The highest BCUT2D eigenvalue weighted by Crippen LogP contribution is 2.40. The van der Waals surface area contributed by atoms with Crippen molar-refractivity contribution in [3.8, 4) is 0 Å². The van der Waals surface area contributed by atoms with Gasteiger partial charge in [0.1, 0.15) is 5.82 Å². The maximum Gasteiger partial charge on any atom is 0.360 e. The van der Waals surface area contributed by atoms with E-state index in [2.05, 4.69) is 11.2 Å². The van der Waals surface area contributed by atoms with Crippen molar-refractivity contribution in [3.63, 3.8) is 0 Å². The molecule has 5 nitrogen and oxygen atoms in total. The van der Waals surface area contributed by atoms with Crippen molar-refractivity contribution in [2.24, 2.45) is 0 Å². The lowest BCUT2D eigenvalue weighted by Crippen LogP contribution is -2.33. The van der Waals surface area contributed by atoms with Crippen LogP contribution in [0.3, 0.4) is 0 Å². The van der Waals surface area contributed by atoms with E-state index in [9.17, 15) is 4.79 Å². The first-order valence-electron chi connectivity index (χ1n) is 7.15. The lowest BCUT2D eigenvalue weighted by Gasteiger charge is -2.36. The third-order valence-electron chi connectivity index (χ3n) is 4.00. The summed E-state index contributed by atoms with van der Waals surface area (Å²) < 4.78 is 7.08. The van der Waals surface area contributed by atoms with Crippen LogP contribution in [0.2, 0.25) is 0 Å². The Morgan fingerprint density at radius 1 is 1.50 bits per heavy atom. The zero-order chi connectivity index (χ0) is 14.6. The average Bonchev–Trinajstić information content (AvgIpc) is 2.81. The number of ether oxygens (including phenoxy) is 1. The topological polar surface area (TPSA) is 70.1 Å². The molecule has 0 radical (unpaired) electrons. The third kappa shape index (κ3) is 3.11. The molecule has 1 heterocycles. The Labute approximate surface area is 124 Å². The Morgan fingerprint density at radius 3 is 2.80 bits per heavy atom. The second-order valence-electron chi connectivity index (χ2n) is 5.27. The van der Waals surface area contributed by atoms with Crippen LogP contribution >= 0.6 is 11.8 Å². The molecule has 0 spiro atoms. The van der Waals surface area contributed by atoms with E-state index in [4.69, 9.17) is 10.5 Å². The molecule has 0 unspecified atom stereocenters. The first-order chi connectivity index (χ1) is 9.62. The summed E-state index contributed by atoms with van der Waals surface area (Å²) in [5.74, 6) is -0.0203. The molecule has 1 aromatic rings. The van der Waals surface area contributed by atoms with Crippen LogP contribution in [-0.2, 0) is 11.3 Å². The molecule has 1 fully saturated rings. The second-order valence-corrected chi connectivity index (χ2v) is 6.55. The molecule has 1 aliphatic carbocycles. The lowest BCUT2D eigenvalue weighted by molar-refractivity contribution is 0.0521. The molecule has 1 aliphatic rings. The Hall–Kier alpha value is -1.17. The number of imidazole rings is 1. The zero-order valence-corrected chi connectivity index (χ0v) is 13.0. The number of thioether (sulfide) groups is 1. The Kier molecular flexibility index (Phi) is 4.96. The number of nitrogens with zero attached hydrogens (tertiary/aromatic N) is 2. The molecule has 2 N–H and O–H groups in total. The summed E-state index contributed by atoms with van der Waals surface area (Å²) in [5, 5.41) is 0. The van der Waals surface area contributed by atoms with Crippen molar-refractivity contribution >= 4 is 23.5 Å². The van der Waals surface area contributed by atoms with Crippen LogP contribution in [-0.4, -0.2) is 33.1 Å². The number of rotatable bonds is 5. The van der Waals surface area contributed by atoms with Gasteiger partial charge in [-0.2, -0.15) is 11.8 Å². The summed E-state index contributed by atoms with van der Waals surface area (Å²) in [6, 6.07) is 0. The fourth-order valence-corrected chi connectivity index (χ4v) is 3.77. The highest BCUT2D eigenvalue weighted by Gasteiger charge is 2.32. The van der Waals surface area contributed by atoms with Crippen molar-refractivity contribution in [2.45, 2.75) is 50.3 Å². The normalized spacial score (nSPS) is 17.9. The van der Waals surface area contributed by atoms with E-state index in [1.165, 1.54) is 32.1 Å². The van der Waals surface area contributed by atoms with Gasteiger partial charge in [0.15, 0.2) is 5.69 Å². The molecular formula is C14H23N3O2S. The molecule has 2 rings (SSSR count). The van der Waals surface area contributed by atoms with Gasteiger partial charge in [-0.25, -0.2) is 9.78 Å². The summed E-state index contributed by atoms with van der Waals surface area (Å²) in [7, 11) is 0. The predicted molar refractivity (Wildman–Crippen MR) is 81.9 cm³/mol. The standard InChI is InChI=1S/C14H23N3O2S/c1-3-19-13(18)11-12(15)17(10-16-11)9-14(20-2)7-5-4-6-8-14/h10H,3-9,15H2,1-2H3. The van der Waals surface area contributed by atoms with Gasteiger partial charge in [0, 0.05) is 11.3 Å². The van der Waals surface area contributed by atoms with Gasteiger partial charge in [-0.15, -0.1) is 0 Å². The fraction of sp³-hybridized carbons (Fsp3) is 0.714. The SMILES string of the molecule is CCOC(=O)c1ncn(CC2(SC)CCCCC2)c1N. The minimum absolute atomic E-state index is 0.221. The highest BCUT2D eigenvalue weighted by molar-refractivity contribution is 8.00. The van der Waals surface area contributed by atoms with Crippen molar-refractivity contribution in [1.29, 1.82) is 0 Å². The number of carbonyl (C=O) groups is 1. The molecule has 6 heteroatoms. The van der Waals surface area contributed by atoms with Crippen molar-refractivity contribution in [2.75, 3.05) is 18.6 Å². The number of hydrogen-bond acceptors (Lipinski definition) is 5. The maximum atomic E-state index is 11.7. The van der Waals surface area contributed by atoms with Crippen LogP contribution in [0.5, 0.6) is 0 Å². The molecule has 1 aromatic heterocycles. The van der Waals surface area contributed by atoms with Crippen LogP contribution in [0.25, 0.3) is 0 Å². The molecular weight excluding hydrogens is 274 g/mol. The van der Waals surface area contributed by atoms with Crippen molar-refractivity contribution in [3.05, 3.63) is 12.0 Å². The summed E-state index contributed by atoms with van der Waals surface area (Å²) in [6.07, 6.45) is 10.1. The number of carbonyl (C=O) groups excluding carboxylic acids is 1. The molecule has 0 bridgehead atoms. The summed E-state index contributed by atoms with van der Waals surface area (Å²) in [5.41, 5.74) is 6.29. The van der Waals surface area contributed by atoms with Gasteiger partial charge in [-0.3, -0.25) is 0 Å². The van der Waals surface area contributed by atoms with E-state index in [1.807, 2.05) is 16.3 Å². The predicted octanol–water partition coefficient (Wildman–Crippen LogP) is 2.71. The number of anilines is 1. The molecule has 0 saturated heterocycles. The van der Waals surface area contributed by atoms with E-state index in [1.54, 1.807) is 13.3 Å². The number of nitrogens with two attached hydrogens (primary N) is 1. The Balaban J connectivity index is 2.15. The zero-order valence-electron chi connectivity index (χ0n) is 12.2. The van der Waals surface area contributed by atoms with Gasteiger partial charge < -0.3 is 15.0 Å². The van der Waals surface area contributed by atoms with E-state index in [0.717, 1.165) is 6.54 Å². The molecule has 1 saturated carbocycles. The first-order valence-corrected chi connectivity index (χ1v) is 8.37. The second kappa shape index (κ2) is 6.52. The summed E-state index contributed by atoms with van der Waals surface area (Å²) in [4.78, 5) is 15.9. The smallest absolute Gasteiger partial charge is 0.360 e. The maximum absolute atomic E-state index is 11.7. The monoisotopic (exact) mass is 297 g/mol. The number of esters is 1. The fourth-order valence-electron chi connectivity index (χ4n) is 2.81. The molecule has 112 valence electrons. The van der Waals surface area contributed by atoms with E-state index < -0.39 is 5.97 Å². The van der Waals surface area contributed by atoms with Gasteiger partial charge in [0.25, 0.3) is 0 Å². The van der Waals surface area contributed by atoms with Crippen LogP contribution in [0.1, 0.15) is 49.5 Å². The first kappa shape index (κ1) is 15.2. The van der Waals surface area contributed by atoms with Gasteiger partial charge >= 0.3 is 5.97 Å². The third-order valence-corrected chi connectivity index (χ3v) is 5.41. The van der Waals surface area contributed by atoms with E-state index >= 15 is 0 Å². The lowest BCUT2D eigenvalue weighted by atomic mass is 9.88. The van der Waals surface area contributed by atoms with Crippen LogP contribution < -0.4 is 5.73 Å². The minimum atomic E-state index is -0.439. The largest absolute Gasteiger partial charge is 0.461 e. The van der Waals surface area contributed by atoms with Crippen LogP contribution in [0.15, 0.2) is 6.33 Å². The minimum Gasteiger partial charge on any atom is -0.461 e. The number of nitrogen functional groups attached to an aromatic ring is 1. The molecule has 0 amide bonds.